The molecule has 0 saturated heterocycles. The molecule has 0 bridgehead atoms. The van der Waals surface area contributed by atoms with E-state index in [1.165, 1.54) is 0 Å². The molecule has 0 unspecified atom stereocenters. The summed E-state index contributed by atoms with van der Waals surface area (Å²) in [6, 6.07) is 3.08. The molecule has 0 fully saturated rings. The van der Waals surface area contributed by atoms with Crippen LogP contribution in [-0.2, 0) is 11.3 Å². The van der Waals surface area contributed by atoms with Gasteiger partial charge in [-0.2, -0.15) is 0 Å². The van der Waals surface area contributed by atoms with Crippen LogP contribution in [0.15, 0.2) is 16.9 Å². The van der Waals surface area contributed by atoms with Crippen LogP contribution in [0.25, 0.3) is 0 Å². The summed E-state index contributed by atoms with van der Waals surface area (Å²) in [5, 5.41) is 2.81. The minimum Gasteiger partial charge on any atom is -0.355 e. The number of aromatic nitrogens is 1. The molecular weight excluding hydrogens is 204 g/mol. The molecule has 0 spiro atoms. The molecule has 4 nitrogen and oxygen atoms in total. The molecule has 0 radical (unpaired) electrons. The molecule has 0 aliphatic heterocycles. The Kier molecular flexibility index (Phi) is 4.28. The fourth-order valence-corrected chi connectivity index (χ4v) is 1.60. The van der Waals surface area contributed by atoms with Crippen LogP contribution >= 0.6 is 0 Å². The molecule has 88 valence electrons. The van der Waals surface area contributed by atoms with E-state index >= 15 is 0 Å². The normalized spacial score (nSPS) is 10.2. The highest BCUT2D eigenvalue weighted by atomic mass is 16.2. The lowest BCUT2D eigenvalue weighted by Gasteiger charge is -2.13. The lowest BCUT2D eigenvalue weighted by molar-refractivity contribution is -0.121. The number of carbonyl (C=O) groups is 1. The highest BCUT2D eigenvalue weighted by Crippen LogP contribution is 2.00. The number of carbonyl (C=O) groups excluding carboxylic acids is 1. The molecule has 1 heterocycles. The van der Waals surface area contributed by atoms with Crippen LogP contribution in [0.1, 0.15) is 24.7 Å². The maximum absolute atomic E-state index is 11.6. The van der Waals surface area contributed by atoms with Gasteiger partial charge in [-0.25, -0.2) is 0 Å². The van der Waals surface area contributed by atoms with Gasteiger partial charge in [-0.05, 0) is 20.3 Å². The Bertz CT molecular complexity index is 409. The van der Waals surface area contributed by atoms with Gasteiger partial charge in [0.05, 0.1) is 0 Å². The van der Waals surface area contributed by atoms with Gasteiger partial charge in [0.25, 0.3) is 0 Å². The molecule has 1 rings (SSSR count). The van der Waals surface area contributed by atoms with Gasteiger partial charge in [0, 0.05) is 30.1 Å². The summed E-state index contributed by atoms with van der Waals surface area (Å²) >= 11 is 0. The predicted molar refractivity (Wildman–Crippen MR) is 63.5 cm³/mol. The van der Waals surface area contributed by atoms with Gasteiger partial charge in [0.1, 0.15) is 6.54 Å². The van der Waals surface area contributed by atoms with Crippen LogP contribution in [0.5, 0.6) is 0 Å². The van der Waals surface area contributed by atoms with E-state index in [2.05, 4.69) is 5.32 Å². The highest BCUT2D eigenvalue weighted by Gasteiger charge is 2.06. The van der Waals surface area contributed by atoms with E-state index in [-0.39, 0.29) is 17.9 Å². The first-order chi connectivity index (χ1) is 7.54. The van der Waals surface area contributed by atoms with E-state index in [4.69, 9.17) is 0 Å². The van der Waals surface area contributed by atoms with Crippen molar-refractivity contribution in [3.05, 3.63) is 33.7 Å². The molecule has 0 aliphatic rings. The number of hydrogen-bond donors (Lipinski definition) is 1. The van der Waals surface area contributed by atoms with Crippen molar-refractivity contribution in [2.45, 2.75) is 33.7 Å². The average Bonchev–Trinajstić information content (AvgIpc) is 2.20. The third-order valence-electron chi connectivity index (χ3n) is 2.43. The quantitative estimate of drug-likeness (QED) is 0.826. The Morgan fingerprint density at radius 3 is 2.38 bits per heavy atom. The average molecular weight is 222 g/mol. The van der Waals surface area contributed by atoms with Gasteiger partial charge in [0.15, 0.2) is 5.43 Å². The fraction of sp³-hybridized carbons (Fsp3) is 0.500. The molecule has 4 heteroatoms. The lowest BCUT2D eigenvalue weighted by atomic mass is 10.3. The summed E-state index contributed by atoms with van der Waals surface area (Å²) in [6.45, 7) is 6.65. The SMILES string of the molecule is CCCNC(=O)Cn1c(C)cc(=O)cc1C. The van der Waals surface area contributed by atoms with E-state index in [0.29, 0.717) is 6.54 Å². The van der Waals surface area contributed by atoms with Gasteiger partial charge >= 0.3 is 0 Å². The van der Waals surface area contributed by atoms with Crippen LogP contribution in [-0.4, -0.2) is 17.0 Å². The standard InChI is InChI=1S/C12H18N2O2/c1-4-5-13-12(16)8-14-9(2)6-11(15)7-10(14)3/h6-7H,4-5,8H2,1-3H3,(H,13,16). The highest BCUT2D eigenvalue weighted by molar-refractivity contribution is 5.75. The first-order valence-electron chi connectivity index (χ1n) is 5.49. The number of hydrogen-bond acceptors (Lipinski definition) is 2. The number of nitrogens with one attached hydrogen (secondary N) is 1. The summed E-state index contributed by atoms with van der Waals surface area (Å²) in [5.41, 5.74) is 1.62. The second-order valence-corrected chi connectivity index (χ2v) is 3.91. The van der Waals surface area contributed by atoms with Gasteiger partial charge in [0.2, 0.25) is 5.91 Å². The van der Waals surface area contributed by atoms with Gasteiger partial charge < -0.3 is 9.88 Å². The maximum Gasteiger partial charge on any atom is 0.239 e. The van der Waals surface area contributed by atoms with Crippen molar-refractivity contribution in [1.82, 2.24) is 9.88 Å². The van der Waals surface area contributed by atoms with Crippen LogP contribution in [0.2, 0.25) is 0 Å². The molecule has 1 aromatic heterocycles. The zero-order valence-electron chi connectivity index (χ0n) is 10.0. The fourth-order valence-electron chi connectivity index (χ4n) is 1.60. The molecule has 0 atom stereocenters. The van der Waals surface area contributed by atoms with Crippen LogP contribution in [0.3, 0.4) is 0 Å². The molecule has 0 saturated carbocycles. The van der Waals surface area contributed by atoms with Gasteiger partial charge in [-0.15, -0.1) is 0 Å². The molecule has 0 aromatic carbocycles. The van der Waals surface area contributed by atoms with E-state index in [9.17, 15) is 9.59 Å². The number of nitrogens with zero attached hydrogens (tertiary/aromatic N) is 1. The Morgan fingerprint density at radius 1 is 1.31 bits per heavy atom. The van der Waals surface area contributed by atoms with Crippen molar-refractivity contribution >= 4 is 5.91 Å². The second-order valence-electron chi connectivity index (χ2n) is 3.91. The van der Waals surface area contributed by atoms with Crippen molar-refractivity contribution in [1.29, 1.82) is 0 Å². The largest absolute Gasteiger partial charge is 0.355 e. The summed E-state index contributed by atoms with van der Waals surface area (Å²) in [5.74, 6) is -0.0169. The summed E-state index contributed by atoms with van der Waals surface area (Å²) in [6.07, 6.45) is 0.924. The molecule has 1 amide bonds. The summed E-state index contributed by atoms with van der Waals surface area (Å²) in [7, 11) is 0. The van der Waals surface area contributed by atoms with E-state index in [1.807, 2.05) is 25.3 Å². The Balaban J connectivity index is 2.81. The van der Waals surface area contributed by atoms with E-state index in [1.54, 1.807) is 12.1 Å². The Morgan fingerprint density at radius 2 is 1.88 bits per heavy atom. The van der Waals surface area contributed by atoms with Crippen molar-refractivity contribution in [3.8, 4) is 0 Å². The third-order valence-corrected chi connectivity index (χ3v) is 2.43. The number of rotatable bonds is 4. The second kappa shape index (κ2) is 5.49. The van der Waals surface area contributed by atoms with E-state index < -0.39 is 0 Å². The minimum atomic E-state index is -0.0169. The van der Waals surface area contributed by atoms with Crippen molar-refractivity contribution in [2.75, 3.05) is 6.54 Å². The minimum absolute atomic E-state index is 0.0137. The molecule has 0 aliphatic carbocycles. The zero-order chi connectivity index (χ0) is 12.1. The smallest absolute Gasteiger partial charge is 0.239 e. The first-order valence-corrected chi connectivity index (χ1v) is 5.49. The summed E-state index contributed by atoms with van der Waals surface area (Å²) < 4.78 is 1.84. The van der Waals surface area contributed by atoms with Gasteiger partial charge in [-0.1, -0.05) is 6.92 Å². The first kappa shape index (κ1) is 12.5. The van der Waals surface area contributed by atoms with E-state index in [0.717, 1.165) is 17.8 Å². The van der Waals surface area contributed by atoms with Crippen molar-refractivity contribution < 1.29 is 4.79 Å². The monoisotopic (exact) mass is 222 g/mol. The predicted octanol–water partition coefficient (Wildman–Crippen LogP) is 0.991. The van der Waals surface area contributed by atoms with Crippen LogP contribution in [0.4, 0.5) is 0 Å². The maximum atomic E-state index is 11.6. The molecular formula is C12H18N2O2. The van der Waals surface area contributed by atoms with Crippen LogP contribution < -0.4 is 10.7 Å². The topological polar surface area (TPSA) is 51.1 Å². The lowest BCUT2D eigenvalue weighted by Crippen LogP contribution is -2.30. The number of aryl methyl sites for hydroxylation is 2. The Labute approximate surface area is 95.3 Å². The summed E-state index contributed by atoms with van der Waals surface area (Å²) in [4.78, 5) is 22.8. The zero-order valence-corrected chi connectivity index (χ0v) is 10.0. The van der Waals surface area contributed by atoms with Crippen molar-refractivity contribution in [3.63, 3.8) is 0 Å². The molecule has 16 heavy (non-hydrogen) atoms. The van der Waals surface area contributed by atoms with Crippen molar-refractivity contribution in [2.24, 2.45) is 0 Å². The third kappa shape index (κ3) is 3.22. The van der Waals surface area contributed by atoms with Gasteiger partial charge in [-0.3, -0.25) is 9.59 Å². The molecule has 1 aromatic rings. The number of pyridine rings is 1. The molecule has 1 N–H and O–H groups in total. The van der Waals surface area contributed by atoms with Crippen LogP contribution in [0, 0.1) is 13.8 Å². The number of amides is 1. The Hall–Kier alpha value is -1.58.